The van der Waals surface area contributed by atoms with Crippen molar-refractivity contribution in [3.63, 3.8) is 0 Å². The molecule has 19 heavy (non-hydrogen) atoms. The monoisotopic (exact) mass is 328 g/mol. The number of halogens is 2. The van der Waals surface area contributed by atoms with Crippen LogP contribution in [-0.2, 0) is 11.3 Å². The molecular formula is C11H10BrFN4O2. The van der Waals surface area contributed by atoms with Crippen molar-refractivity contribution < 1.29 is 14.3 Å². The number of hydrogen-bond acceptors (Lipinski definition) is 4. The quantitative estimate of drug-likeness (QED) is 0.909. The molecule has 0 aliphatic heterocycles. The van der Waals surface area contributed by atoms with Crippen molar-refractivity contribution in [2.45, 2.75) is 19.4 Å². The molecule has 2 rings (SSSR count). The number of aliphatic carboxylic acids is 1. The van der Waals surface area contributed by atoms with Crippen LogP contribution in [0, 0.1) is 5.82 Å². The van der Waals surface area contributed by atoms with Crippen LogP contribution in [-0.4, -0.2) is 31.3 Å². The molecule has 6 nitrogen and oxygen atoms in total. The van der Waals surface area contributed by atoms with Crippen molar-refractivity contribution in [2.75, 3.05) is 0 Å². The number of nitrogens with zero attached hydrogens (tertiary/aromatic N) is 4. The molecule has 0 fully saturated rings. The van der Waals surface area contributed by atoms with Crippen molar-refractivity contribution in [1.82, 2.24) is 20.2 Å². The molecule has 0 bridgehead atoms. The highest BCUT2D eigenvalue weighted by Gasteiger charge is 2.16. The predicted molar refractivity (Wildman–Crippen MR) is 67.8 cm³/mol. The number of rotatable bonds is 5. The van der Waals surface area contributed by atoms with Gasteiger partial charge in [-0.05, 0) is 44.9 Å². The Bertz CT molecular complexity index is 582. The second-order valence-electron chi connectivity index (χ2n) is 3.82. The Kier molecular flexibility index (Phi) is 4.20. The van der Waals surface area contributed by atoms with Gasteiger partial charge in [-0.2, -0.15) is 0 Å². The van der Waals surface area contributed by atoms with E-state index in [0.717, 1.165) is 0 Å². The molecule has 0 aliphatic carbocycles. The van der Waals surface area contributed by atoms with Crippen LogP contribution in [0.5, 0.6) is 0 Å². The second kappa shape index (κ2) is 5.87. The van der Waals surface area contributed by atoms with E-state index in [1.165, 1.54) is 10.7 Å². The third kappa shape index (κ3) is 3.14. The van der Waals surface area contributed by atoms with Gasteiger partial charge in [0.25, 0.3) is 0 Å². The van der Waals surface area contributed by atoms with Crippen LogP contribution in [0.1, 0.15) is 12.8 Å². The van der Waals surface area contributed by atoms with Crippen LogP contribution in [0.2, 0.25) is 0 Å². The minimum absolute atomic E-state index is 0.0116. The molecule has 0 radical (unpaired) electrons. The summed E-state index contributed by atoms with van der Waals surface area (Å²) in [6.45, 7) is 0.315. The van der Waals surface area contributed by atoms with Gasteiger partial charge >= 0.3 is 5.97 Å². The largest absolute Gasteiger partial charge is 0.481 e. The molecule has 1 aromatic heterocycles. The van der Waals surface area contributed by atoms with Gasteiger partial charge in [0.2, 0.25) is 0 Å². The first-order valence-corrected chi connectivity index (χ1v) is 6.31. The van der Waals surface area contributed by atoms with E-state index in [1.54, 1.807) is 12.1 Å². The van der Waals surface area contributed by atoms with Crippen LogP contribution in [0.4, 0.5) is 4.39 Å². The highest BCUT2D eigenvalue weighted by molar-refractivity contribution is 9.10. The summed E-state index contributed by atoms with van der Waals surface area (Å²) in [6.07, 6.45) is 0.386. The molecule has 0 atom stereocenters. The second-order valence-corrected chi connectivity index (χ2v) is 4.67. The van der Waals surface area contributed by atoms with E-state index in [1.807, 2.05) is 0 Å². The molecule has 0 unspecified atom stereocenters. The Morgan fingerprint density at radius 1 is 1.47 bits per heavy atom. The third-order valence-electron chi connectivity index (χ3n) is 2.48. The zero-order valence-electron chi connectivity index (χ0n) is 9.75. The number of hydrogen-bond donors (Lipinski definition) is 1. The molecule has 0 amide bonds. The summed E-state index contributed by atoms with van der Waals surface area (Å²) in [7, 11) is 0. The fourth-order valence-corrected chi connectivity index (χ4v) is 2.15. The maximum atomic E-state index is 13.8. The van der Waals surface area contributed by atoms with E-state index in [2.05, 4.69) is 31.5 Å². The summed E-state index contributed by atoms with van der Waals surface area (Å²) in [6, 6.07) is 4.58. The first kappa shape index (κ1) is 13.6. The Hall–Kier alpha value is -1.83. The molecule has 0 saturated heterocycles. The Labute approximate surface area is 116 Å². The molecule has 0 aliphatic rings. The van der Waals surface area contributed by atoms with Gasteiger partial charge in [-0.3, -0.25) is 4.79 Å². The van der Waals surface area contributed by atoms with Gasteiger partial charge in [-0.1, -0.05) is 6.07 Å². The van der Waals surface area contributed by atoms with E-state index >= 15 is 0 Å². The van der Waals surface area contributed by atoms with Crippen LogP contribution in [0.15, 0.2) is 22.7 Å². The van der Waals surface area contributed by atoms with Crippen molar-refractivity contribution >= 4 is 21.9 Å². The average Bonchev–Trinajstić information content (AvgIpc) is 2.77. The van der Waals surface area contributed by atoms with E-state index in [9.17, 15) is 9.18 Å². The molecule has 8 heteroatoms. The molecule has 0 saturated carbocycles. The lowest BCUT2D eigenvalue weighted by molar-refractivity contribution is -0.137. The van der Waals surface area contributed by atoms with Crippen LogP contribution in [0.25, 0.3) is 11.4 Å². The fourth-order valence-electron chi connectivity index (χ4n) is 1.63. The minimum Gasteiger partial charge on any atom is -0.481 e. The standard InChI is InChI=1S/C11H10BrFN4O2/c12-7-3-1-4-8(13)10(7)11-14-15-16-17(11)6-2-5-9(18)19/h1,3-4H,2,5-6H2,(H,18,19). The lowest BCUT2D eigenvalue weighted by atomic mass is 10.2. The number of benzene rings is 1. The SMILES string of the molecule is O=C(O)CCCn1nnnc1-c1c(F)cccc1Br. The fraction of sp³-hybridized carbons (Fsp3) is 0.273. The van der Waals surface area contributed by atoms with Crippen molar-refractivity contribution in [2.24, 2.45) is 0 Å². The van der Waals surface area contributed by atoms with Gasteiger partial charge < -0.3 is 5.11 Å². The zero-order chi connectivity index (χ0) is 13.8. The first-order valence-electron chi connectivity index (χ1n) is 5.52. The molecule has 2 aromatic rings. The number of carbonyl (C=O) groups is 1. The highest BCUT2D eigenvalue weighted by Crippen LogP contribution is 2.28. The maximum absolute atomic E-state index is 13.8. The molecule has 0 spiro atoms. The maximum Gasteiger partial charge on any atom is 0.303 e. The molecule has 1 aromatic carbocycles. The van der Waals surface area contributed by atoms with Crippen LogP contribution < -0.4 is 0 Å². The minimum atomic E-state index is -0.887. The summed E-state index contributed by atoms with van der Waals surface area (Å²) in [4.78, 5) is 10.5. The highest BCUT2D eigenvalue weighted by atomic mass is 79.9. The topological polar surface area (TPSA) is 80.9 Å². The summed E-state index contributed by atoms with van der Waals surface area (Å²) >= 11 is 3.25. The van der Waals surface area contributed by atoms with E-state index in [4.69, 9.17) is 5.11 Å². The number of carboxylic acids is 1. The Balaban J connectivity index is 2.26. The molecule has 1 heterocycles. The lowest BCUT2D eigenvalue weighted by Gasteiger charge is -2.06. The summed E-state index contributed by atoms with van der Waals surface area (Å²) in [5.41, 5.74) is 0.267. The average molecular weight is 329 g/mol. The predicted octanol–water partition coefficient (Wildman–Crippen LogP) is 2.11. The van der Waals surface area contributed by atoms with Gasteiger partial charge in [-0.25, -0.2) is 9.07 Å². The summed E-state index contributed by atoms with van der Waals surface area (Å²) in [5.74, 6) is -1.05. The van der Waals surface area contributed by atoms with Gasteiger partial charge in [0.15, 0.2) is 5.82 Å². The zero-order valence-corrected chi connectivity index (χ0v) is 11.3. The Morgan fingerprint density at radius 3 is 2.95 bits per heavy atom. The van der Waals surface area contributed by atoms with E-state index in [-0.39, 0.29) is 17.8 Å². The molecular weight excluding hydrogens is 319 g/mol. The number of carboxylic acid groups (broad SMARTS) is 1. The van der Waals surface area contributed by atoms with Gasteiger partial charge in [-0.15, -0.1) is 5.10 Å². The molecule has 1 N–H and O–H groups in total. The van der Waals surface area contributed by atoms with Gasteiger partial charge in [0.1, 0.15) is 5.82 Å². The number of aromatic nitrogens is 4. The smallest absolute Gasteiger partial charge is 0.303 e. The van der Waals surface area contributed by atoms with Crippen molar-refractivity contribution in [3.05, 3.63) is 28.5 Å². The first-order chi connectivity index (χ1) is 9.09. The normalized spacial score (nSPS) is 10.6. The van der Waals surface area contributed by atoms with Crippen molar-refractivity contribution in [3.8, 4) is 11.4 Å². The van der Waals surface area contributed by atoms with Gasteiger partial charge in [0, 0.05) is 17.4 Å². The van der Waals surface area contributed by atoms with E-state index < -0.39 is 11.8 Å². The number of aryl methyl sites for hydroxylation is 1. The summed E-state index contributed by atoms with van der Waals surface area (Å²) < 4.78 is 15.7. The van der Waals surface area contributed by atoms with Crippen molar-refractivity contribution in [1.29, 1.82) is 0 Å². The number of tetrazole rings is 1. The lowest BCUT2D eigenvalue weighted by Crippen LogP contribution is -2.06. The third-order valence-corrected chi connectivity index (χ3v) is 3.14. The summed E-state index contributed by atoms with van der Waals surface area (Å²) in [5, 5.41) is 19.6. The van der Waals surface area contributed by atoms with E-state index in [0.29, 0.717) is 17.4 Å². The van der Waals surface area contributed by atoms with Crippen LogP contribution in [0.3, 0.4) is 0 Å². The Morgan fingerprint density at radius 2 is 2.26 bits per heavy atom. The van der Waals surface area contributed by atoms with Crippen LogP contribution >= 0.6 is 15.9 Å². The molecule has 100 valence electrons. The van der Waals surface area contributed by atoms with Gasteiger partial charge in [0.05, 0.1) is 5.56 Å².